The van der Waals surface area contributed by atoms with Crippen molar-refractivity contribution in [3.05, 3.63) is 77.4 Å². The first-order valence-corrected chi connectivity index (χ1v) is 13.4. The van der Waals surface area contributed by atoms with Crippen molar-refractivity contribution in [3.8, 4) is 11.1 Å². The number of imide groups is 1. The van der Waals surface area contributed by atoms with Crippen molar-refractivity contribution in [1.29, 1.82) is 0 Å². The van der Waals surface area contributed by atoms with Crippen LogP contribution in [0, 0.1) is 5.82 Å². The second kappa shape index (κ2) is 11.4. The maximum absolute atomic E-state index is 15.4. The average Bonchev–Trinajstić information content (AvgIpc) is 3.62. The summed E-state index contributed by atoms with van der Waals surface area (Å²) in [5.74, 6) is -3.21. The molecule has 3 aromatic rings. The number of aromatic nitrogens is 2. The minimum Gasteiger partial charge on any atom is -0.427 e. The fourth-order valence-corrected chi connectivity index (χ4v) is 5.28. The third-order valence-electron chi connectivity index (χ3n) is 7.74. The molecule has 2 aliphatic rings. The van der Waals surface area contributed by atoms with Crippen molar-refractivity contribution in [2.45, 2.75) is 50.4 Å². The fraction of sp³-hybridized carbons (Fsp3) is 0.345. The van der Waals surface area contributed by atoms with Gasteiger partial charge in [-0.3, -0.25) is 19.1 Å². The number of fused-ring (bicyclic) bond motifs is 2. The van der Waals surface area contributed by atoms with Crippen LogP contribution >= 0.6 is 0 Å². The number of ether oxygens (including phenoxy) is 1. The molecule has 0 radical (unpaired) electrons. The minimum absolute atomic E-state index is 0.0433. The number of nitrogens with zero attached hydrogens (tertiary/aromatic N) is 4. The van der Waals surface area contributed by atoms with E-state index < -0.39 is 67.2 Å². The van der Waals surface area contributed by atoms with Crippen LogP contribution < -0.4 is 5.32 Å². The highest BCUT2D eigenvalue weighted by Gasteiger charge is 2.61. The van der Waals surface area contributed by atoms with Crippen molar-refractivity contribution in [3.63, 3.8) is 0 Å². The van der Waals surface area contributed by atoms with E-state index in [1.54, 1.807) is 12.3 Å². The van der Waals surface area contributed by atoms with Gasteiger partial charge >= 0.3 is 12.3 Å². The molecule has 1 spiro atoms. The first-order chi connectivity index (χ1) is 20.7. The van der Waals surface area contributed by atoms with Gasteiger partial charge in [-0.25, -0.2) is 18.5 Å². The van der Waals surface area contributed by atoms with Crippen LogP contribution in [0.4, 0.5) is 26.7 Å². The zero-order valence-corrected chi connectivity index (χ0v) is 23.4. The topological polar surface area (TPSA) is 114 Å². The second-order valence-electron chi connectivity index (χ2n) is 10.5. The van der Waals surface area contributed by atoms with Crippen LogP contribution in [0.5, 0.6) is 0 Å². The van der Waals surface area contributed by atoms with E-state index in [9.17, 15) is 36.7 Å². The molecule has 1 aromatic heterocycles. The Morgan fingerprint density at radius 2 is 1.84 bits per heavy atom. The molecule has 0 saturated carbocycles. The van der Waals surface area contributed by atoms with Crippen molar-refractivity contribution < 1.29 is 45.9 Å². The highest BCUT2D eigenvalue weighted by molar-refractivity contribution is 6.06. The Morgan fingerprint density at radius 1 is 1.14 bits per heavy atom. The molecule has 15 heteroatoms. The summed E-state index contributed by atoms with van der Waals surface area (Å²) >= 11 is 0. The number of hydrogen-bond acceptors (Lipinski definition) is 6. The summed E-state index contributed by atoms with van der Waals surface area (Å²) < 4.78 is 76.5. The summed E-state index contributed by atoms with van der Waals surface area (Å²) in [6.45, 7) is -0.970. The lowest BCUT2D eigenvalue weighted by Gasteiger charge is -2.31. The van der Waals surface area contributed by atoms with Gasteiger partial charge in [0.1, 0.15) is 31.1 Å². The number of likely N-dealkylation sites (N-methyl/N-ethyl adjacent to an activating group) is 1. The van der Waals surface area contributed by atoms with Crippen LogP contribution in [-0.2, 0) is 37.8 Å². The van der Waals surface area contributed by atoms with Crippen LogP contribution in [0.1, 0.15) is 36.2 Å². The van der Waals surface area contributed by atoms with Crippen LogP contribution in [0.2, 0.25) is 0 Å². The van der Waals surface area contributed by atoms with Gasteiger partial charge in [0.05, 0.1) is 6.20 Å². The van der Waals surface area contributed by atoms with E-state index in [1.807, 2.05) is 0 Å². The van der Waals surface area contributed by atoms with Crippen LogP contribution in [-0.4, -0.2) is 69.2 Å². The van der Waals surface area contributed by atoms with E-state index in [-0.39, 0.29) is 29.1 Å². The van der Waals surface area contributed by atoms with Gasteiger partial charge in [-0.05, 0) is 41.8 Å². The molecule has 2 aromatic carbocycles. The number of nitrogens with one attached hydrogen (secondary N) is 1. The second-order valence-corrected chi connectivity index (χ2v) is 10.5. The van der Waals surface area contributed by atoms with Crippen LogP contribution in [0.3, 0.4) is 0 Å². The number of alkyl halides is 4. The summed E-state index contributed by atoms with van der Waals surface area (Å²) in [5, 5.41) is 6.58. The van der Waals surface area contributed by atoms with Gasteiger partial charge in [-0.1, -0.05) is 24.3 Å². The first-order valence-electron chi connectivity index (χ1n) is 13.4. The van der Waals surface area contributed by atoms with Gasteiger partial charge in [-0.2, -0.15) is 18.3 Å². The van der Waals surface area contributed by atoms with Crippen molar-refractivity contribution in [2.75, 3.05) is 13.6 Å². The number of hydrogen-bond donors (Lipinski definition) is 1. The van der Waals surface area contributed by atoms with E-state index in [4.69, 9.17) is 4.74 Å². The number of carbonyl (C=O) groups excluding carboxylic acids is 4. The molecule has 1 N–H and O–H groups in total. The Morgan fingerprint density at radius 3 is 2.50 bits per heavy atom. The smallest absolute Gasteiger partial charge is 0.418 e. The van der Waals surface area contributed by atoms with Crippen LogP contribution in [0.15, 0.2) is 54.9 Å². The monoisotopic (exact) mass is 619 g/mol. The zero-order chi connectivity index (χ0) is 32.0. The molecule has 5 rings (SSSR count). The van der Waals surface area contributed by atoms with Gasteiger partial charge in [-0.15, -0.1) is 0 Å². The van der Waals surface area contributed by atoms with Gasteiger partial charge < -0.3 is 15.0 Å². The molecular weight excluding hydrogens is 593 g/mol. The summed E-state index contributed by atoms with van der Waals surface area (Å²) in [7, 11) is 1.48. The number of halogens is 5. The molecular formula is C29H26F5N5O5. The Bertz CT molecular complexity index is 1630. The molecule has 1 saturated heterocycles. The predicted molar refractivity (Wildman–Crippen MR) is 143 cm³/mol. The van der Waals surface area contributed by atoms with E-state index in [0.717, 1.165) is 19.1 Å². The normalized spacial score (nSPS) is 20.1. The molecule has 232 valence electrons. The lowest BCUT2D eigenvalue weighted by molar-refractivity contribution is -0.187. The largest absolute Gasteiger partial charge is 0.427 e. The summed E-state index contributed by atoms with van der Waals surface area (Å²) in [6.07, 6.45) is -5.45. The third kappa shape index (κ3) is 5.61. The molecule has 1 unspecified atom stereocenters. The van der Waals surface area contributed by atoms with E-state index in [1.165, 1.54) is 42.2 Å². The molecule has 1 aliphatic carbocycles. The lowest BCUT2D eigenvalue weighted by Crippen LogP contribution is -2.51. The molecule has 3 atom stereocenters. The highest BCUT2D eigenvalue weighted by atomic mass is 19.4. The first kappa shape index (κ1) is 30.6. The standard InChI is InChI=1S/C29H26F5N5O5/c1-16(29(32,33)34)38(12-17-3-6-20(30)7-4-17)25(41)15-39-26(42)28(44-27(39)43)10-23(31)21-9-18(5-8-22(21)28)19-11-36-37(13-19)14-24(40)35-2/h3-9,11,13,16,23H,10,12,14-15H2,1-2H3,(H,35,40)/t16-,23?,28-/m0/s1. The summed E-state index contributed by atoms with van der Waals surface area (Å²) in [6, 6.07) is 6.56. The molecule has 1 fully saturated rings. The number of amides is 4. The Kier molecular flexibility index (Phi) is 7.90. The molecule has 0 bridgehead atoms. The molecule has 2 heterocycles. The molecule has 10 nitrogen and oxygen atoms in total. The van der Waals surface area contributed by atoms with Gasteiger partial charge in [0.25, 0.3) is 5.91 Å². The summed E-state index contributed by atoms with van der Waals surface area (Å²) in [5.41, 5.74) is -0.764. The van der Waals surface area contributed by atoms with Gasteiger partial charge in [0, 0.05) is 37.3 Å². The Labute approximate surface area is 247 Å². The molecule has 1 aliphatic heterocycles. The van der Waals surface area contributed by atoms with Crippen LogP contribution in [0.25, 0.3) is 11.1 Å². The molecule has 44 heavy (non-hydrogen) atoms. The van der Waals surface area contributed by atoms with E-state index in [2.05, 4.69) is 10.4 Å². The fourth-order valence-electron chi connectivity index (χ4n) is 5.28. The number of carbonyl (C=O) groups is 4. The maximum Gasteiger partial charge on any atom is 0.418 e. The minimum atomic E-state index is -4.85. The Hall–Kier alpha value is -4.82. The number of benzene rings is 2. The summed E-state index contributed by atoms with van der Waals surface area (Å²) in [4.78, 5) is 52.1. The van der Waals surface area contributed by atoms with Crippen molar-refractivity contribution in [1.82, 2.24) is 24.9 Å². The van der Waals surface area contributed by atoms with Crippen molar-refractivity contribution in [2.24, 2.45) is 0 Å². The van der Waals surface area contributed by atoms with Gasteiger partial charge in [0.2, 0.25) is 17.4 Å². The SMILES string of the molecule is CNC(=O)Cn1cc(-c2ccc3c(c2)C(F)C[C@]32OC(=O)N(CC(=O)N(Cc3ccc(F)cc3)[C@@H](C)C(F)(F)F)C2=O)cn1. The average molecular weight is 620 g/mol. The van der Waals surface area contributed by atoms with E-state index >= 15 is 4.39 Å². The highest BCUT2D eigenvalue weighted by Crippen LogP contribution is 2.52. The van der Waals surface area contributed by atoms with Crippen molar-refractivity contribution >= 4 is 23.8 Å². The zero-order valence-electron chi connectivity index (χ0n) is 23.4. The van der Waals surface area contributed by atoms with Gasteiger partial charge in [0.15, 0.2) is 0 Å². The third-order valence-corrected chi connectivity index (χ3v) is 7.74. The predicted octanol–water partition coefficient (Wildman–Crippen LogP) is 4.00. The maximum atomic E-state index is 15.4. The number of rotatable bonds is 8. The van der Waals surface area contributed by atoms with E-state index in [0.29, 0.717) is 20.9 Å². The molecule has 4 amide bonds. The Balaban J connectivity index is 1.39. The lowest BCUT2D eigenvalue weighted by atomic mass is 9.93. The quantitative estimate of drug-likeness (QED) is 0.382.